The van der Waals surface area contributed by atoms with Gasteiger partial charge in [0.2, 0.25) is 0 Å². The van der Waals surface area contributed by atoms with E-state index in [1.165, 1.54) is 0 Å². The molecule has 1 aromatic rings. The van der Waals surface area contributed by atoms with Crippen molar-refractivity contribution in [3.63, 3.8) is 0 Å². The highest BCUT2D eigenvalue weighted by Gasteiger charge is 2.04. The van der Waals surface area contributed by atoms with Gasteiger partial charge in [-0.15, -0.1) is 11.8 Å². The maximum Gasteiger partial charge on any atom is 0.319 e. The monoisotopic (exact) mass is 250 g/mol. The largest absolute Gasteiger partial charge is 0.319 e. The van der Waals surface area contributed by atoms with Crippen molar-refractivity contribution >= 4 is 31.7 Å². The Bertz CT molecular complexity index is 361. The van der Waals surface area contributed by atoms with E-state index in [1.807, 2.05) is 30.3 Å². The molecule has 3 nitrogen and oxygen atoms in total. The van der Waals surface area contributed by atoms with Gasteiger partial charge in [-0.1, -0.05) is 18.2 Å². The van der Waals surface area contributed by atoms with Gasteiger partial charge >= 0.3 is 9.15 Å². The molecule has 0 aliphatic carbocycles. The Morgan fingerprint density at radius 2 is 1.79 bits per heavy atom. The van der Waals surface area contributed by atoms with Crippen LogP contribution in [0.15, 0.2) is 35.2 Å². The number of hydrogen-bond donors (Lipinski definition) is 1. The number of benzene rings is 1. The summed E-state index contributed by atoms with van der Waals surface area (Å²) in [6.07, 6.45) is 0. The van der Waals surface area contributed by atoms with Gasteiger partial charge in [-0.05, 0) is 22.9 Å². The van der Waals surface area contributed by atoms with Gasteiger partial charge in [0, 0.05) is 16.4 Å². The molecule has 0 amide bonds. The van der Waals surface area contributed by atoms with Crippen LogP contribution in [-0.4, -0.2) is 24.5 Å². The molecule has 0 bridgehead atoms. The van der Waals surface area contributed by atoms with Crippen LogP contribution in [0.2, 0.25) is 0 Å². The SMILES string of the molecule is O=S(=O)(O)SCCSc1ccccc1. The standard InChI is InChI=1S/C8H10O3S3/c9-14(10,11)13-7-6-12-8-4-2-1-3-5-8/h1-5H,6-7H2,(H,9,10,11). The molecule has 0 saturated carbocycles. The van der Waals surface area contributed by atoms with Crippen LogP contribution in [0.4, 0.5) is 0 Å². The Balaban J connectivity index is 2.23. The molecule has 1 rings (SSSR count). The van der Waals surface area contributed by atoms with Crippen LogP contribution in [0.3, 0.4) is 0 Å². The van der Waals surface area contributed by atoms with Gasteiger partial charge in [0.1, 0.15) is 0 Å². The van der Waals surface area contributed by atoms with Gasteiger partial charge in [-0.2, -0.15) is 8.42 Å². The van der Waals surface area contributed by atoms with E-state index in [1.54, 1.807) is 11.8 Å². The van der Waals surface area contributed by atoms with E-state index in [2.05, 4.69) is 0 Å². The van der Waals surface area contributed by atoms with E-state index in [0.717, 1.165) is 4.90 Å². The fourth-order valence-corrected chi connectivity index (χ4v) is 3.46. The van der Waals surface area contributed by atoms with Crippen LogP contribution in [-0.2, 0) is 9.15 Å². The topological polar surface area (TPSA) is 54.4 Å². The second-order valence-corrected chi connectivity index (χ2v) is 7.05. The lowest BCUT2D eigenvalue weighted by Crippen LogP contribution is -1.93. The average Bonchev–Trinajstić information content (AvgIpc) is 2.13. The molecule has 1 N–H and O–H groups in total. The summed E-state index contributed by atoms with van der Waals surface area (Å²) in [6.45, 7) is 0. The summed E-state index contributed by atoms with van der Waals surface area (Å²) in [4.78, 5) is 1.10. The van der Waals surface area contributed by atoms with Crippen molar-refractivity contribution in [2.75, 3.05) is 11.5 Å². The van der Waals surface area contributed by atoms with Crippen molar-refractivity contribution < 1.29 is 13.0 Å². The second-order valence-electron chi connectivity index (χ2n) is 2.41. The molecule has 0 aliphatic rings. The number of rotatable bonds is 5. The van der Waals surface area contributed by atoms with Crippen LogP contribution in [0.5, 0.6) is 0 Å². The fourth-order valence-electron chi connectivity index (χ4n) is 0.816. The van der Waals surface area contributed by atoms with Crippen LogP contribution in [0, 0.1) is 0 Å². The maximum absolute atomic E-state index is 10.4. The van der Waals surface area contributed by atoms with Crippen molar-refractivity contribution in [1.29, 1.82) is 0 Å². The molecule has 0 spiro atoms. The minimum Gasteiger partial charge on any atom is -0.277 e. The van der Waals surface area contributed by atoms with Crippen LogP contribution in [0.1, 0.15) is 0 Å². The molecule has 0 fully saturated rings. The lowest BCUT2D eigenvalue weighted by atomic mass is 10.4. The molecular formula is C8H10O3S3. The molecule has 0 atom stereocenters. The first-order valence-corrected chi connectivity index (χ1v) is 7.80. The summed E-state index contributed by atoms with van der Waals surface area (Å²) in [5.41, 5.74) is 0. The zero-order chi connectivity index (χ0) is 10.4. The van der Waals surface area contributed by atoms with Gasteiger partial charge in [-0.3, -0.25) is 4.55 Å². The van der Waals surface area contributed by atoms with E-state index >= 15 is 0 Å². The van der Waals surface area contributed by atoms with E-state index in [4.69, 9.17) is 4.55 Å². The third kappa shape index (κ3) is 5.54. The lowest BCUT2D eigenvalue weighted by Gasteiger charge is -1.99. The smallest absolute Gasteiger partial charge is 0.277 e. The molecule has 0 radical (unpaired) electrons. The van der Waals surface area contributed by atoms with Gasteiger partial charge in [0.15, 0.2) is 0 Å². The molecular weight excluding hydrogens is 240 g/mol. The predicted octanol–water partition coefficient (Wildman–Crippen LogP) is 2.31. The van der Waals surface area contributed by atoms with E-state index < -0.39 is 9.15 Å². The summed E-state index contributed by atoms with van der Waals surface area (Å²) in [6, 6.07) is 9.71. The maximum atomic E-state index is 10.4. The van der Waals surface area contributed by atoms with Crippen molar-refractivity contribution in [2.24, 2.45) is 0 Å². The molecule has 0 aromatic heterocycles. The molecule has 0 heterocycles. The van der Waals surface area contributed by atoms with Gasteiger partial charge in [0.05, 0.1) is 0 Å². The van der Waals surface area contributed by atoms with Gasteiger partial charge in [-0.25, -0.2) is 0 Å². The first-order chi connectivity index (χ1) is 6.58. The minimum atomic E-state index is -3.88. The fraction of sp³-hybridized carbons (Fsp3) is 0.250. The van der Waals surface area contributed by atoms with Crippen molar-refractivity contribution in [3.8, 4) is 0 Å². The summed E-state index contributed by atoms with van der Waals surface area (Å²) in [5.74, 6) is 1.05. The van der Waals surface area contributed by atoms with E-state index in [-0.39, 0.29) is 0 Å². The highest BCUT2D eigenvalue weighted by molar-refractivity contribution is 8.70. The first-order valence-electron chi connectivity index (χ1n) is 3.87. The third-order valence-electron chi connectivity index (χ3n) is 1.33. The van der Waals surface area contributed by atoms with Gasteiger partial charge in [0.25, 0.3) is 0 Å². The zero-order valence-electron chi connectivity index (χ0n) is 7.29. The van der Waals surface area contributed by atoms with Crippen molar-refractivity contribution in [1.82, 2.24) is 0 Å². The Morgan fingerprint density at radius 1 is 1.14 bits per heavy atom. The molecule has 6 heteroatoms. The second kappa shape index (κ2) is 5.65. The Hall–Kier alpha value is -0.170. The first kappa shape index (κ1) is 11.9. The Morgan fingerprint density at radius 3 is 2.36 bits per heavy atom. The normalized spacial score (nSPS) is 11.5. The van der Waals surface area contributed by atoms with Crippen molar-refractivity contribution in [3.05, 3.63) is 30.3 Å². The van der Waals surface area contributed by atoms with Crippen LogP contribution in [0.25, 0.3) is 0 Å². The van der Waals surface area contributed by atoms with Gasteiger partial charge < -0.3 is 0 Å². The van der Waals surface area contributed by atoms with Crippen molar-refractivity contribution in [2.45, 2.75) is 4.90 Å². The molecule has 0 aliphatic heterocycles. The molecule has 0 saturated heterocycles. The average molecular weight is 250 g/mol. The summed E-state index contributed by atoms with van der Waals surface area (Å²) in [5, 5.41) is 0. The minimum absolute atomic E-state index is 0.387. The lowest BCUT2D eigenvalue weighted by molar-refractivity contribution is 0.503. The number of hydrogen-bond acceptors (Lipinski definition) is 4. The zero-order valence-corrected chi connectivity index (χ0v) is 9.74. The molecule has 78 valence electrons. The van der Waals surface area contributed by atoms with Crippen LogP contribution >= 0.6 is 22.6 Å². The highest BCUT2D eigenvalue weighted by atomic mass is 33.1. The summed E-state index contributed by atoms with van der Waals surface area (Å²) in [7, 11) is -3.32. The quantitative estimate of drug-likeness (QED) is 0.376. The third-order valence-corrected chi connectivity index (χ3v) is 4.66. The Labute approximate surface area is 91.4 Å². The molecule has 14 heavy (non-hydrogen) atoms. The molecule has 0 unspecified atom stereocenters. The van der Waals surface area contributed by atoms with E-state index in [9.17, 15) is 8.42 Å². The number of thioether (sulfide) groups is 1. The molecule has 1 aromatic carbocycles. The Kier molecular flexibility index (Phi) is 4.80. The summed E-state index contributed by atoms with van der Waals surface area (Å²) < 4.78 is 29.1. The summed E-state index contributed by atoms with van der Waals surface area (Å²) >= 11 is 1.56. The predicted molar refractivity (Wildman–Crippen MR) is 61.2 cm³/mol. The van der Waals surface area contributed by atoms with E-state index in [0.29, 0.717) is 22.3 Å². The van der Waals surface area contributed by atoms with Crippen LogP contribution < -0.4 is 0 Å². The highest BCUT2D eigenvalue weighted by Crippen LogP contribution is 2.19.